The Bertz CT molecular complexity index is 1690. The summed E-state index contributed by atoms with van der Waals surface area (Å²) >= 11 is 6.21. The number of benzene rings is 3. The third-order valence-corrected chi connectivity index (χ3v) is 8.49. The van der Waals surface area contributed by atoms with Gasteiger partial charge in [-0.1, -0.05) is 66.3 Å². The molecule has 262 valence electrons. The quantitative estimate of drug-likeness (QED) is 0.129. The molecular weight excluding hydrogens is 640 g/mol. The average Bonchev–Trinajstić information content (AvgIpc) is 2.99. The lowest BCUT2D eigenvalue weighted by atomic mass is 9.83. The van der Waals surface area contributed by atoms with Gasteiger partial charge < -0.3 is 20.7 Å². The van der Waals surface area contributed by atoms with Crippen LogP contribution in [0.1, 0.15) is 96.6 Å². The number of nitrogens with zero attached hydrogens (tertiary/aromatic N) is 1. The van der Waals surface area contributed by atoms with Gasteiger partial charge in [0.15, 0.2) is 0 Å². The zero-order chi connectivity index (χ0) is 36.5. The highest BCUT2D eigenvalue weighted by Crippen LogP contribution is 2.30. The molecule has 3 aromatic rings. The van der Waals surface area contributed by atoms with Crippen LogP contribution in [0.15, 0.2) is 47.5 Å². The predicted molar refractivity (Wildman–Crippen MR) is 197 cm³/mol. The fraction of sp³-hybridized carbons (Fsp3) is 0.436. The minimum absolute atomic E-state index is 0.00737. The molecule has 0 radical (unpaired) electrons. The summed E-state index contributed by atoms with van der Waals surface area (Å²) in [5, 5.41) is 8.91. The van der Waals surface area contributed by atoms with Crippen molar-refractivity contribution >= 4 is 52.7 Å². The molecule has 49 heavy (non-hydrogen) atoms. The second-order valence-corrected chi connectivity index (χ2v) is 14.3. The van der Waals surface area contributed by atoms with E-state index in [0.717, 1.165) is 65.6 Å². The van der Waals surface area contributed by atoms with Crippen LogP contribution in [0.5, 0.6) is 0 Å². The summed E-state index contributed by atoms with van der Waals surface area (Å²) in [6.07, 6.45) is 6.37. The Hall–Kier alpha value is -4.46. The molecule has 3 amide bonds. The SMILES string of the molecule is Cc1cc(C)c(N=C=O)c(C)c1.Cc1cc(C)c(NC(=O)Nc2cc(Cl)ccc2C(=O)N[C@H](C(=O)OC(C)(C)C)C2CCCCC2)c(C)c1. The number of amides is 3. The number of isocyanates is 1. The van der Waals surface area contributed by atoms with Crippen molar-refractivity contribution in [3.05, 3.63) is 86.4 Å². The highest BCUT2D eigenvalue weighted by molar-refractivity contribution is 6.31. The summed E-state index contributed by atoms with van der Waals surface area (Å²) < 4.78 is 5.65. The van der Waals surface area contributed by atoms with Gasteiger partial charge in [0.2, 0.25) is 6.08 Å². The zero-order valence-corrected chi connectivity index (χ0v) is 30.9. The third kappa shape index (κ3) is 11.6. The molecule has 9 nitrogen and oxygen atoms in total. The number of aryl methyl sites for hydroxylation is 6. The molecule has 0 aromatic heterocycles. The van der Waals surface area contributed by atoms with E-state index in [1.54, 1.807) is 18.2 Å². The second kappa shape index (κ2) is 17.3. The van der Waals surface area contributed by atoms with E-state index < -0.39 is 29.6 Å². The summed E-state index contributed by atoms with van der Waals surface area (Å²) in [4.78, 5) is 53.2. The number of carbonyl (C=O) groups is 3. The number of halogens is 1. The largest absolute Gasteiger partial charge is 0.458 e. The van der Waals surface area contributed by atoms with Gasteiger partial charge >= 0.3 is 12.0 Å². The van der Waals surface area contributed by atoms with Crippen molar-refractivity contribution in [2.75, 3.05) is 10.6 Å². The lowest BCUT2D eigenvalue weighted by molar-refractivity contribution is -0.159. The first kappa shape index (κ1) is 39.0. The summed E-state index contributed by atoms with van der Waals surface area (Å²) in [7, 11) is 0. The molecular formula is C39H49ClN4O5. The lowest BCUT2D eigenvalue weighted by Crippen LogP contribution is -2.49. The number of hydrogen-bond donors (Lipinski definition) is 3. The van der Waals surface area contributed by atoms with Crippen molar-refractivity contribution in [1.82, 2.24) is 5.32 Å². The molecule has 1 fully saturated rings. The van der Waals surface area contributed by atoms with E-state index in [0.29, 0.717) is 10.7 Å². The van der Waals surface area contributed by atoms with E-state index in [9.17, 15) is 19.2 Å². The Labute approximate surface area is 295 Å². The molecule has 1 saturated carbocycles. The molecule has 0 spiro atoms. The van der Waals surface area contributed by atoms with Gasteiger partial charge in [-0.3, -0.25) is 4.79 Å². The Morgan fingerprint density at radius 1 is 0.837 bits per heavy atom. The number of aliphatic imine (C=N–C) groups is 1. The van der Waals surface area contributed by atoms with Crippen molar-refractivity contribution < 1.29 is 23.9 Å². The minimum atomic E-state index is -0.776. The molecule has 4 rings (SSSR count). The van der Waals surface area contributed by atoms with Crippen LogP contribution in [-0.4, -0.2) is 35.6 Å². The van der Waals surface area contributed by atoms with Crippen LogP contribution in [0.3, 0.4) is 0 Å². The van der Waals surface area contributed by atoms with Crippen molar-refractivity contribution in [1.29, 1.82) is 0 Å². The monoisotopic (exact) mass is 688 g/mol. The van der Waals surface area contributed by atoms with Gasteiger partial charge in [-0.15, -0.1) is 0 Å². The number of esters is 1. The summed E-state index contributed by atoms with van der Waals surface area (Å²) in [5.74, 6) is -0.928. The molecule has 1 aliphatic carbocycles. The van der Waals surface area contributed by atoms with Gasteiger partial charge in [-0.05, 0) is 122 Å². The Kier molecular flexibility index (Phi) is 13.7. The van der Waals surface area contributed by atoms with Gasteiger partial charge in [0.1, 0.15) is 11.6 Å². The van der Waals surface area contributed by atoms with Gasteiger partial charge in [-0.2, -0.15) is 4.99 Å². The van der Waals surface area contributed by atoms with Crippen molar-refractivity contribution in [2.24, 2.45) is 10.9 Å². The zero-order valence-electron chi connectivity index (χ0n) is 30.1. The van der Waals surface area contributed by atoms with Gasteiger partial charge in [0.05, 0.1) is 16.9 Å². The van der Waals surface area contributed by atoms with E-state index in [2.05, 4.69) is 20.9 Å². The van der Waals surface area contributed by atoms with Crippen LogP contribution < -0.4 is 16.0 Å². The number of anilines is 2. The molecule has 0 saturated heterocycles. The van der Waals surface area contributed by atoms with Crippen molar-refractivity contribution in [3.63, 3.8) is 0 Å². The van der Waals surface area contributed by atoms with Crippen LogP contribution in [-0.2, 0) is 14.3 Å². The maximum atomic E-state index is 13.5. The van der Waals surface area contributed by atoms with Crippen molar-refractivity contribution in [2.45, 2.75) is 106 Å². The first-order valence-electron chi connectivity index (χ1n) is 16.6. The molecule has 0 aliphatic heterocycles. The minimum Gasteiger partial charge on any atom is -0.458 e. The summed E-state index contributed by atoms with van der Waals surface area (Å²) in [5.41, 5.74) is 7.45. The summed E-state index contributed by atoms with van der Waals surface area (Å²) in [6, 6.07) is 11.4. The smallest absolute Gasteiger partial charge is 0.329 e. The maximum absolute atomic E-state index is 13.5. The predicted octanol–water partition coefficient (Wildman–Crippen LogP) is 9.51. The van der Waals surface area contributed by atoms with Crippen LogP contribution in [0, 0.1) is 47.5 Å². The molecule has 10 heteroatoms. The molecule has 1 atom stereocenters. The molecule has 3 N–H and O–H groups in total. The topological polar surface area (TPSA) is 126 Å². The first-order chi connectivity index (χ1) is 23.0. The van der Waals surface area contributed by atoms with E-state index in [1.807, 2.05) is 86.6 Å². The third-order valence-electron chi connectivity index (χ3n) is 8.25. The highest BCUT2D eigenvalue weighted by Gasteiger charge is 2.35. The van der Waals surface area contributed by atoms with E-state index in [-0.39, 0.29) is 17.2 Å². The first-order valence-corrected chi connectivity index (χ1v) is 17.0. The summed E-state index contributed by atoms with van der Waals surface area (Å²) in [6.45, 7) is 17.2. The highest BCUT2D eigenvalue weighted by atomic mass is 35.5. The number of nitrogens with one attached hydrogen (secondary N) is 3. The number of ether oxygens (including phenoxy) is 1. The second-order valence-electron chi connectivity index (χ2n) is 13.9. The molecule has 0 unspecified atom stereocenters. The Morgan fingerprint density at radius 3 is 1.92 bits per heavy atom. The number of urea groups is 1. The van der Waals surface area contributed by atoms with Crippen LogP contribution in [0.2, 0.25) is 5.02 Å². The normalized spacial score (nSPS) is 13.6. The van der Waals surface area contributed by atoms with Gasteiger partial charge in [-0.25, -0.2) is 14.4 Å². The number of rotatable bonds is 7. The van der Waals surface area contributed by atoms with E-state index >= 15 is 0 Å². The van der Waals surface area contributed by atoms with E-state index in [1.165, 1.54) is 11.6 Å². The lowest BCUT2D eigenvalue weighted by Gasteiger charge is -2.32. The molecule has 0 bridgehead atoms. The standard InChI is InChI=1S/C29H38ClN3O4.C10H11NO/c1-17-14-18(2)24(19(3)15-17)33-28(36)31-23-16-21(30)12-13-22(23)26(34)32-25(20-10-8-7-9-11-20)27(35)37-29(4,5)6;1-7-4-8(2)10(11-6-12)9(3)5-7/h12-16,20,25H,7-11H2,1-6H3,(H,32,34)(H2,31,33,36);4-5H,1-3H3/t25-;/m0./s1. The molecule has 1 aliphatic rings. The van der Waals surface area contributed by atoms with Gasteiger partial charge in [0.25, 0.3) is 5.91 Å². The van der Waals surface area contributed by atoms with Crippen LogP contribution in [0.25, 0.3) is 0 Å². The fourth-order valence-electron chi connectivity index (χ4n) is 6.28. The molecule has 3 aromatic carbocycles. The number of carbonyl (C=O) groups excluding carboxylic acids is 4. The van der Waals surface area contributed by atoms with E-state index in [4.69, 9.17) is 16.3 Å². The Balaban J connectivity index is 0.000000456. The Morgan fingerprint density at radius 2 is 1.39 bits per heavy atom. The number of hydrogen-bond acceptors (Lipinski definition) is 6. The van der Waals surface area contributed by atoms with Crippen LogP contribution in [0.4, 0.5) is 21.9 Å². The maximum Gasteiger partial charge on any atom is 0.329 e. The van der Waals surface area contributed by atoms with Crippen LogP contribution >= 0.6 is 11.6 Å². The van der Waals surface area contributed by atoms with Gasteiger partial charge in [0, 0.05) is 10.7 Å². The van der Waals surface area contributed by atoms with Crippen molar-refractivity contribution in [3.8, 4) is 0 Å². The average molecular weight is 689 g/mol. The molecule has 0 heterocycles. The fourth-order valence-corrected chi connectivity index (χ4v) is 6.45.